The molecule has 12 heavy (non-hydrogen) atoms. The van der Waals surface area contributed by atoms with Crippen molar-refractivity contribution in [3.63, 3.8) is 0 Å². The van der Waals surface area contributed by atoms with Crippen molar-refractivity contribution in [1.29, 1.82) is 0 Å². The Morgan fingerprint density at radius 2 is 1.92 bits per heavy atom. The first-order chi connectivity index (χ1) is 5.36. The lowest BCUT2D eigenvalue weighted by Crippen LogP contribution is -2.49. The first kappa shape index (κ1) is 9.93. The molecule has 0 fully saturated rings. The third-order valence-electron chi connectivity index (χ3n) is 2.84. The van der Waals surface area contributed by atoms with Crippen molar-refractivity contribution >= 4 is 24.0 Å². The maximum absolute atomic E-state index is 4.43. The van der Waals surface area contributed by atoms with Crippen LogP contribution in [0.15, 0.2) is 11.6 Å². The molecule has 0 saturated carbocycles. The summed E-state index contributed by atoms with van der Waals surface area (Å²) in [5.74, 6) is 0. The van der Waals surface area contributed by atoms with E-state index in [4.69, 9.17) is 0 Å². The molecule has 1 aromatic heterocycles. The van der Waals surface area contributed by atoms with Gasteiger partial charge in [0, 0.05) is 11.6 Å². The van der Waals surface area contributed by atoms with Gasteiger partial charge < -0.3 is 0 Å². The van der Waals surface area contributed by atoms with Crippen molar-refractivity contribution in [2.24, 2.45) is 0 Å². The smallest absolute Gasteiger partial charge is 0.123 e. The molecular formula is C9H17NSSi. The van der Waals surface area contributed by atoms with E-state index >= 15 is 0 Å². The van der Waals surface area contributed by atoms with Gasteiger partial charge in [-0.1, -0.05) is 33.9 Å². The first-order valence-corrected chi connectivity index (χ1v) is 8.13. The van der Waals surface area contributed by atoms with Gasteiger partial charge in [0.1, 0.15) is 8.07 Å². The van der Waals surface area contributed by atoms with Crippen LogP contribution in [0.25, 0.3) is 0 Å². The Morgan fingerprint density at radius 1 is 1.33 bits per heavy atom. The zero-order chi connectivity index (χ0) is 9.41. The Labute approximate surface area is 79.9 Å². The van der Waals surface area contributed by atoms with Gasteiger partial charge in [0.25, 0.3) is 0 Å². The second-order valence-corrected chi connectivity index (χ2v) is 11.2. The van der Waals surface area contributed by atoms with Crippen molar-refractivity contribution in [3.8, 4) is 0 Å². The summed E-state index contributed by atoms with van der Waals surface area (Å²) in [7, 11) is -1.32. The highest BCUT2D eigenvalue weighted by Gasteiger charge is 2.38. The molecule has 0 aliphatic heterocycles. The highest BCUT2D eigenvalue weighted by Crippen LogP contribution is 2.35. The summed E-state index contributed by atoms with van der Waals surface area (Å²) in [6.07, 6.45) is 1.92. The molecule has 0 bridgehead atoms. The fourth-order valence-corrected chi connectivity index (χ4v) is 4.57. The summed E-state index contributed by atoms with van der Waals surface area (Å²) in [6.45, 7) is 11.7. The van der Waals surface area contributed by atoms with Gasteiger partial charge in [0.2, 0.25) is 0 Å². The van der Waals surface area contributed by atoms with E-state index in [-0.39, 0.29) is 0 Å². The minimum absolute atomic E-state index is 0.408. The second-order valence-electron chi connectivity index (χ2n) is 4.71. The predicted octanol–water partition coefficient (Wildman–Crippen LogP) is 2.86. The fourth-order valence-electron chi connectivity index (χ4n) is 0.853. The zero-order valence-corrected chi connectivity index (χ0v) is 10.3. The van der Waals surface area contributed by atoms with Crippen LogP contribution in [0.3, 0.4) is 0 Å². The molecule has 0 spiro atoms. The molecule has 0 aromatic carbocycles. The number of hydrogen-bond donors (Lipinski definition) is 0. The van der Waals surface area contributed by atoms with Crippen molar-refractivity contribution < 1.29 is 0 Å². The van der Waals surface area contributed by atoms with Crippen molar-refractivity contribution in [1.82, 2.24) is 4.98 Å². The molecule has 1 heterocycles. The van der Waals surface area contributed by atoms with E-state index in [1.54, 1.807) is 0 Å². The third kappa shape index (κ3) is 1.61. The lowest BCUT2D eigenvalue weighted by Gasteiger charge is -2.34. The van der Waals surface area contributed by atoms with Gasteiger partial charge in [-0.2, -0.15) is 0 Å². The molecule has 1 aromatic rings. The maximum Gasteiger partial charge on any atom is 0.123 e. The molecule has 0 saturated heterocycles. The SMILES string of the molecule is CC(C)(C)[Si](C)(C)c1nccs1. The normalized spacial score (nSPS) is 13.4. The summed E-state index contributed by atoms with van der Waals surface area (Å²) >= 11 is 1.81. The van der Waals surface area contributed by atoms with E-state index in [9.17, 15) is 0 Å². The van der Waals surface area contributed by atoms with Gasteiger partial charge in [0.15, 0.2) is 0 Å². The Balaban J connectivity index is 3.02. The Kier molecular flexibility index (Phi) is 2.45. The van der Waals surface area contributed by atoms with Gasteiger partial charge in [-0.3, -0.25) is 4.98 Å². The summed E-state index contributed by atoms with van der Waals surface area (Å²) < 4.78 is 1.37. The van der Waals surface area contributed by atoms with Gasteiger partial charge in [-0.05, 0) is 5.04 Å². The molecule has 0 aliphatic carbocycles. The molecular weight excluding hydrogens is 182 g/mol. The van der Waals surface area contributed by atoms with E-state index in [1.165, 1.54) is 4.63 Å². The highest BCUT2D eigenvalue weighted by atomic mass is 32.1. The predicted molar refractivity (Wildman–Crippen MR) is 58.9 cm³/mol. The van der Waals surface area contributed by atoms with Crippen LogP contribution in [0, 0.1) is 0 Å². The Bertz CT molecular complexity index is 246. The van der Waals surface area contributed by atoms with Gasteiger partial charge in [-0.25, -0.2) is 0 Å². The van der Waals surface area contributed by atoms with Crippen LogP contribution in [-0.4, -0.2) is 13.1 Å². The first-order valence-electron chi connectivity index (χ1n) is 4.25. The average molecular weight is 199 g/mol. The largest absolute Gasteiger partial charge is 0.255 e. The van der Waals surface area contributed by atoms with Crippen LogP contribution in [0.5, 0.6) is 0 Å². The van der Waals surface area contributed by atoms with E-state index < -0.39 is 8.07 Å². The average Bonchev–Trinajstić information content (AvgIpc) is 2.34. The van der Waals surface area contributed by atoms with Gasteiger partial charge in [-0.15, -0.1) is 11.3 Å². The zero-order valence-electron chi connectivity index (χ0n) is 8.51. The highest BCUT2D eigenvalue weighted by molar-refractivity contribution is 7.25. The topological polar surface area (TPSA) is 12.9 Å². The van der Waals surface area contributed by atoms with Crippen LogP contribution in [-0.2, 0) is 0 Å². The van der Waals surface area contributed by atoms with Crippen LogP contribution < -0.4 is 4.63 Å². The van der Waals surface area contributed by atoms with Crippen LogP contribution in [0.1, 0.15) is 20.8 Å². The summed E-state index contributed by atoms with van der Waals surface area (Å²) in [4.78, 5) is 4.43. The number of nitrogens with zero attached hydrogens (tertiary/aromatic N) is 1. The van der Waals surface area contributed by atoms with E-state index in [0.717, 1.165) is 0 Å². The number of aromatic nitrogens is 1. The number of thiazole rings is 1. The quantitative estimate of drug-likeness (QED) is 0.634. The third-order valence-corrected chi connectivity index (χ3v) is 10.3. The molecule has 0 radical (unpaired) electrons. The Hall–Kier alpha value is -0.153. The van der Waals surface area contributed by atoms with E-state index in [2.05, 4.69) is 44.2 Å². The molecule has 1 nitrogen and oxygen atoms in total. The monoisotopic (exact) mass is 199 g/mol. The van der Waals surface area contributed by atoms with Crippen LogP contribution in [0.2, 0.25) is 18.1 Å². The minimum Gasteiger partial charge on any atom is -0.255 e. The Morgan fingerprint density at radius 3 is 2.25 bits per heavy atom. The summed E-state index contributed by atoms with van der Waals surface area (Å²) in [5, 5.41) is 2.49. The van der Waals surface area contributed by atoms with Crippen molar-refractivity contribution in [2.75, 3.05) is 0 Å². The second kappa shape index (κ2) is 2.96. The molecule has 0 amide bonds. The van der Waals surface area contributed by atoms with Crippen LogP contribution >= 0.6 is 11.3 Å². The molecule has 0 unspecified atom stereocenters. The summed E-state index contributed by atoms with van der Waals surface area (Å²) in [6, 6.07) is 0. The van der Waals surface area contributed by atoms with Crippen molar-refractivity contribution in [3.05, 3.63) is 11.6 Å². The molecule has 0 N–H and O–H groups in total. The lowest BCUT2D eigenvalue weighted by atomic mass is 10.2. The van der Waals surface area contributed by atoms with E-state index in [1.807, 2.05) is 17.5 Å². The van der Waals surface area contributed by atoms with E-state index in [0.29, 0.717) is 5.04 Å². The molecule has 1 rings (SSSR count). The van der Waals surface area contributed by atoms with Crippen molar-refractivity contribution in [2.45, 2.75) is 38.9 Å². The van der Waals surface area contributed by atoms with Crippen LogP contribution in [0.4, 0.5) is 0 Å². The standard InChI is InChI=1S/C9H17NSSi/c1-9(2,3)12(4,5)8-10-6-7-11-8/h6-7H,1-5H3. The molecule has 0 aliphatic rings. The number of hydrogen-bond acceptors (Lipinski definition) is 2. The van der Waals surface area contributed by atoms with Gasteiger partial charge in [0.05, 0.1) is 4.63 Å². The summed E-state index contributed by atoms with van der Waals surface area (Å²) in [5.41, 5.74) is 0. The molecule has 3 heteroatoms. The molecule has 0 atom stereocenters. The maximum atomic E-state index is 4.43. The fraction of sp³-hybridized carbons (Fsp3) is 0.667. The number of rotatable bonds is 1. The van der Waals surface area contributed by atoms with Gasteiger partial charge >= 0.3 is 0 Å². The molecule has 68 valence electrons. The lowest BCUT2D eigenvalue weighted by molar-refractivity contribution is 0.729. The minimum atomic E-state index is -1.32.